The SMILES string of the molecule is Cc1ccc(N2C(=O)C(c3c(C(C)C)nn(-c4ccc(Cl)cc4)c3[O-])=C([n+]3cccc(C)c3)C2=O)cc1. The normalized spacial score (nSPS) is 13.8. The summed E-state index contributed by atoms with van der Waals surface area (Å²) in [4.78, 5) is 29.0. The van der Waals surface area contributed by atoms with Crippen LogP contribution in [0.5, 0.6) is 5.88 Å². The van der Waals surface area contributed by atoms with E-state index in [-0.39, 0.29) is 22.8 Å². The molecular weight excluding hydrogens is 488 g/mol. The molecule has 186 valence electrons. The molecule has 0 saturated carbocycles. The topological polar surface area (TPSA) is 82.1 Å². The number of imide groups is 1. The van der Waals surface area contributed by atoms with Crippen molar-refractivity contribution < 1.29 is 19.3 Å². The third-order valence-electron chi connectivity index (χ3n) is 6.30. The second-order valence-electron chi connectivity index (χ2n) is 9.40. The molecule has 4 aromatic rings. The van der Waals surface area contributed by atoms with Crippen molar-refractivity contribution in [3.63, 3.8) is 0 Å². The molecule has 0 aliphatic carbocycles. The fourth-order valence-corrected chi connectivity index (χ4v) is 4.58. The number of pyridine rings is 1. The largest absolute Gasteiger partial charge is 0.858 e. The van der Waals surface area contributed by atoms with Gasteiger partial charge in [0.1, 0.15) is 5.57 Å². The highest BCUT2D eigenvalue weighted by Gasteiger charge is 2.47. The molecule has 2 aromatic heterocycles. The third kappa shape index (κ3) is 4.21. The molecule has 0 spiro atoms. The maximum absolute atomic E-state index is 14.0. The summed E-state index contributed by atoms with van der Waals surface area (Å²) in [5.74, 6) is -1.73. The molecule has 0 fully saturated rings. The number of hydrogen-bond acceptors (Lipinski definition) is 4. The zero-order valence-corrected chi connectivity index (χ0v) is 21.7. The number of carbonyl (C=O) groups excluding carboxylic acids is 2. The average molecular weight is 513 g/mol. The Morgan fingerprint density at radius 2 is 1.54 bits per heavy atom. The summed E-state index contributed by atoms with van der Waals surface area (Å²) in [7, 11) is 0. The van der Waals surface area contributed by atoms with Gasteiger partial charge in [-0.1, -0.05) is 43.1 Å². The van der Waals surface area contributed by atoms with Crippen molar-refractivity contribution in [1.82, 2.24) is 9.78 Å². The van der Waals surface area contributed by atoms with E-state index in [1.807, 2.05) is 45.9 Å². The number of carbonyl (C=O) groups is 2. The first kappa shape index (κ1) is 24.5. The van der Waals surface area contributed by atoms with E-state index in [1.54, 1.807) is 59.4 Å². The van der Waals surface area contributed by atoms with E-state index in [2.05, 4.69) is 5.10 Å². The van der Waals surface area contributed by atoms with E-state index < -0.39 is 17.7 Å². The monoisotopic (exact) mass is 512 g/mol. The highest BCUT2D eigenvalue weighted by Crippen LogP contribution is 2.40. The molecule has 8 heteroatoms. The number of anilines is 1. The third-order valence-corrected chi connectivity index (χ3v) is 6.55. The first-order valence-electron chi connectivity index (χ1n) is 11.9. The van der Waals surface area contributed by atoms with Gasteiger partial charge in [0.25, 0.3) is 11.6 Å². The van der Waals surface area contributed by atoms with Gasteiger partial charge in [0.15, 0.2) is 12.4 Å². The maximum atomic E-state index is 14.0. The van der Waals surface area contributed by atoms with Gasteiger partial charge in [0, 0.05) is 22.2 Å². The van der Waals surface area contributed by atoms with Crippen LogP contribution in [0.15, 0.2) is 73.1 Å². The lowest BCUT2D eigenvalue weighted by Gasteiger charge is -2.16. The number of halogens is 1. The molecule has 2 amide bonds. The molecule has 0 saturated heterocycles. The van der Waals surface area contributed by atoms with Crippen LogP contribution >= 0.6 is 11.6 Å². The maximum Gasteiger partial charge on any atom is 0.331 e. The Morgan fingerprint density at radius 1 is 0.892 bits per heavy atom. The Labute approximate surface area is 219 Å². The lowest BCUT2D eigenvalue weighted by atomic mass is 9.98. The van der Waals surface area contributed by atoms with Crippen molar-refractivity contribution in [2.24, 2.45) is 0 Å². The Hall–Kier alpha value is -4.23. The number of aromatic nitrogens is 3. The van der Waals surface area contributed by atoms with Crippen molar-refractivity contribution >= 4 is 40.4 Å². The van der Waals surface area contributed by atoms with Gasteiger partial charge in [-0.2, -0.15) is 9.67 Å². The molecule has 37 heavy (non-hydrogen) atoms. The zero-order valence-electron chi connectivity index (χ0n) is 20.9. The van der Waals surface area contributed by atoms with Gasteiger partial charge in [-0.25, -0.2) is 9.58 Å². The van der Waals surface area contributed by atoms with Crippen LogP contribution in [0, 0.1) is 13.8 Å². The molecule has 0 N–H and O–H groups in total. The quantitative estimate of drug-likeness (QED) is 0.290. The minimum Gasteiger partial charge on any atom is -0.858 e. The van der Waals surface area contributed by atoms with Crippen molar-refractivity contribution in [3.8, 4) is 11.6 Å². The number of benzene rings is 2. The number of amides is 2. The minimum atomic E-state index is -0.562. The molecule has 0 radical (unpaired) electrons. The van der Waals surface area contributed by atoms with Crippen molar-refractivity contribution in [2.75, 3.05) is 4.90 Å². The minimum absolute atomic E-state index is 0.0371. The molecule has 2 aromatic carbocycles. The predicted octanol–water partition coefficient (Wildman–Crippen LogP) is 4.57. The zero-order chi connectivity index (χ0) is 26.4. The van der Waals surface area contributed by atoms with Gasteiger partial charge in [-0.05, 0) is 68.1 Å². The fraction of sp³-hybridized carbons (Fsp3) is 0.172. The highest BCUT2D eigenvalue weighted by atomic mass is 35.5. The smallest absolute Gasteiger partial charge is 0.331 e. The van der Waals surface area contributed by atoms with Crippen LogP contribution in [0.4, 0.5) is 5.69 Å². The van der Waals surface area contributed by atoms with Crippen molar-refractivity contribution in [2.45, 2.75) is 33.6 Å². The van der Waals surface area contributed by atoms with Crippen molar-refractivity contribution in [3.05, 3.63) is 100 Å². The second kappa shape index (κ2) is 9.33. The Kier molecular flexibility index (Phi) is 6.17. The molecule has 5 rings (SSSR count). The van der Waals surface area contributed by atoms with Crippen LogP contribution in [-0.2, 0) is 9.59 Å². The summed E-state index contributed by atoms with van der Waals surface area (Å²) in [5, 5.41) is 19.0. The number of rotatable bonds is 5. The van der Waals surface area contributed by atoms with Gasteiger partial charge in [0.2, 0.25) is 0 Å². The molecule has 0 atom stereocenters. The Morgan fingerprint density at radius 3 is 2.16 bits per heavy atom. The standard InChI is InChI=1S/C29H25ClN4O3/c1-17(2)25-23(28(36)34(31-25)22-13-9-20(30)10-14-22)24-26(32-15-5-6-19(4)16-32)29(37)33(27(24)35)21-11-7-18(3)8-12-21/h5-17H,1-4H3. The number of nitrogens with zero attached hydrogens (tertiary/aromatic N) is 4. The van der Waals surface area contributed by atoms with E-state index in [1.165, 1.54) is 4.68 Å². The van der Waals surface area contributed by atoms with Crippen LogP contribution in [0.2, 0.25) is 5.02 Å². The molecule has 0 unspecified atom stereocenters. The van der Waals surface area contributed by atoms with Gasteiger partial charge in [-0.3, -0.25) is 9.59 Å². The summed E-state index contributed by atoms with van der Waals surface area (Å²) >= 11 is 6.04. The van der Waals surface area contributed by atoms with Crippen molar-refractivity contribution in [1.29, 1.82) is 0 Å². The molecule has 0 bridgehead atoms. The molecule has 1 aliphatic heterocycles. The first-order chi connectivity index (χ1) is 17.7. The summed E-state index contributed by atoms with van der Waals surface area (Å²) in [6.07, 6.45) is 3.47. The van der Waals surface area contributed by atoms with E-state index in [4.69, 9.17) is 11.6 Å². The van der Waals surface area contributed by atoms with Crippen LogP contribution in [-0.4, -0.2) is 21.6 Å². The molecule has 3 heterocycles. The fourth-order valence-electron chi connectivity index (χ4n) is 4.46. The summed E-state index contributed by atoms with van der Waals surface area (Å²) in [6.45, 7) is 7.62. The number of hydrogen-bond donors (Lipinski definition) is 0. The van der Waals surface area contributed by atoms with E-state index in [0.717, 1.165) is 16.0 Å². The number of aryl methyl sites for hydroxylation is 2. The first-order valence-corrected chi connectivity index (χ1v) is 12.3. The van der Waals surface area contributed by atoms with Crippen LogP contribution in [0.25, 0.3) is 17.0 Å². The Balaban J connectivity index is 1.79. The lowest BCUT2D eigenvalue weighted by molar-refractivity contribution is -0.577. The van der Waals surface area contributed by atoms with Gasteiger partial charge in [0.05, 0.1) is 17.1 Å². The van der Waals surface area contributed by atoms with Gasteiger partial charge >= 0.3 is 5.91 Å². The Bertz CT molecular complexity index is 1570. The predicted molar refractivity (Wildman–Crippen MR) is 140 cm³/mol. The van der Waals surface area contributed by atoms with Crippen LogP contribution in [0.1, 0.15) is 42.1 Å². The van der Waals surface area contributed by atoms with E-state index in [9.17, 15) is 14.7 Å². The summed E-state index contributed by atoms with van der Waals surface area (Å²) in [6, 6.07) is 17.5. The summed E-state index contributed by atoms with van der Waals surface area (Å²) < 4.78 is 2.88. The average Bonchev–Trinajstić information content (AvgIpc) is 3.33. The lowest BCUT2D eigenvalue weighted by Crippen LogP contribution is -2.39. The summed E-state index contributed by atoms with van der Waals surface area (Å²) in [5.41, 5.74) is 3.56. The highest BCUT2D eigenvalue weighted by molar-refractivity contribution is 6.53. The van der Waals surface area contributed by atoms with Gasteiger partial charge < -0.3 is 5.11 Å². The van der Waals surface area contributed by atoms with E-state index >= 15 is 0 Å². The molecule has 7 nitrogen and oxygen atoms in total. The van der Waals surface area contributed by atoms with Crippen LogP contribution in [0.3, 0.4) is 0 Å². The van der Waals surface area contributed by atoms with Gasteiger partial charge in [-0.15, -0.1) is 0 Å². The molecular formula is C29H25ClN4O3. The van der Waals surface area contributed by atoms with Crippen LogP contribution < -0.4 is 14.6 Å². The molecule has 1 aliphatic rings. The van der Waals surface area contributed by atoms with E-state index in [0.29, 0.717) is 22.1 Å². The second-order valence-corrected chi connectivity index (χ2v) is 9.84.